The van der Waals surface area contributed by atoms with E-state index in [1.165, 1.54) is 13.8 Å². The Balaban J connectivity index is 2.60. The highest BCUT2D eigenvalue weighted by Gasteiger charge is 2.25. The molecule has 0 aromatic heterocycles. The molecule has 1 aliphatic rings. The van der Waals surface area contributed by atoms with Crippen molar-refractivity contribution in [3.8, 4) is 0 Å². The molecular weight excluding hydrogens is 420 g/mol. The second-order valence-electron chi connectivity index (χ2n) is 8.59. The summed E-state index contributed by atoms with van der Waals surface area (Å²) < 4.78 is 11.3. The van der Waals surface area contributed by atoms with Gasteiger partial charge in [0.1, 0.15) is 0 Å². The first-order valence-corrected chi connectivity index (χ1v) is 11.2. The van der Waals surface area contributed by atoms with Crippen LogP contribution in [-0.2, 0) is 28.7 Å². The summed E-state index contributed by atoms with van der Waals surface area (Å²) >= 11 is 0. The minimum atomic E-state index is -1.17. The van der Waals surface area contributed by atoms with Gasteiger partial charge in [0, 0.05) is 50.0 Å². The molecule has 0 radical (unpaired) electrons. The number of amides is 2. The fraction of sp³-hybridized carbons (Fsp3) is 0.818. The van der Waals surface area contributed by atoms with Gasteiger partial charge in [-0.2, -0.15) is 0 Å². The summed E-state index contributed by atoms with van der Waals surface area (Å²) in [6.07, 6.45) is 0.399. The van der Waals surface area contributed by atoms with E-state index >= 15 is 0 Å². The van der Waals surface area contributed by atoms with E-state index in [1.54, 1.807) is 23.6 Å². The third-order valence-corrected chi connectivity index (χ3v) is 5.71. The highest BCUT2D eigenvalue weighted by molar-refractivity contribution is 5.80. The van der Waals surface area contributed by atoms with Gasteiger partial charge in [-0.25, -0.2) is 0 Å². The lowest BCUT2D eigenvalue weighted by atomic mass is 9.96. The molecule has 1 fully saturated rings. The number of carboxylic acid groups (broad SMARTS) is 2. The molecule has 1 aliphatic heterocycles. The Labute approximate surface area is 189 Å². The number of carboxylic acids is 2. The Morgan fingerprint density at radius 3 is 1.16 bits per heavy atom. The van der Waals surface area contributed by atoms with Gasteiger partial charge in [0.15, 0.2) is 0 Å². The highest BCUT2D eigenvalue weighted by Crippen LogP contribution is 2.16. The molecule has 1 saturated heterocycles. The maximum Gasteiger partial charge on any atom is 0.225 e. The molecule has 2 amide bonds. The van der Waals surface area contributed by atoms with E-state index in [0.717, 1.165) is 0 Å². The van der Waals surface area contributed by atoms with E-state index in [9.17, 15) is 29.4 Å². The lowest BCUT2D eigenvalue weighted by Crippen LogP contribution is -2.44. The van der Waals surface area contributed by atoms with E-state index in [0.29, 0.717) is 26.2 Å². The van der Waals surface area contributed by atoms with Gasteiger partial charge < -0.3 is 39.1 Å². The SMILES string of the molecule is C[C@H](C[C@@H](C)C(=O)N1CCOCCN(C(=O)[C@H](C)C[C@@H](C)C(=O)[O-])CCOCC1)C(=O)[O-]. The smallest absolute Gasteiger partial charge is 0.225 e. The summed E-state index contributed by atoms with van der Waals surface area (Å²) in [6, 6.07) is 0. The first kappa shape index (κ1) is 27.8. The molecule has 1 rings (SSSR count). The van der Waals surface area contributed by atoms with Crippen LogP contribution in [0.3, 0.4) is 0 Å². The molecule has 1 heterocycles. The Hall–Kier alpha value is -2.20. The minimum absolute atomic E-state index is 0.157. The zero-order chi connectivity index (χ0) is 24.3. The van der Waals surface area contributed by atoms with Crippen molar-refractivity contribution in [2.45, 2.75) is 40.5 Å². The molecule has 0 aromatic carbocycles. The number of ether oxygens (including phenoxy) is 2. The molecule has 0 unspecified atom stereocenters. The van der Waals surface area contributed by atoms with Crippen LogP contribution in [0.4, 0.5) is 0 Å². The van der Waals surface area contributed by atoms with Crippen molar-refractivity contribution in [2.75, 3.05) is 52.6 Å². The van der Waals surface area contributed by atoms with Gasteiger partial charge in [-0.1, -0.05) is 27.7 Å². The average molecular weight is 457 g/mol. The van der Waals surface area contributed by atoms with E-state index < -0.39 is 35.6 Å². The zero-order valence-corrected chi connectivity index (χ0v) is 19.5. The second-order valence-corrected chi connectivity index (χ2v) is 8.59. The first-order valence-electron chi connectivity index (χ1n) is 11.2. The molecule has 10 nitrogen and oxygen atoms in total. The molecule has 0 spiro atoms. The van der Waals surface area contributed by atoms with Gasteiger partial charge in [0.25, 0.3) is 0 Å². The second kappa shape index (κ2) is 14.1. The Morgan fingerprint density at radius 1 is 0.625 bits per heavy atom. The monoisotopic (exact) mass is 456 g/mol. The number of carbonyl (C=O) groups is 4. The standard InChI is InChI=1S/C22H38N2O8/c1-15(13-17(3)21(27)28)19(25)23-5-9-31-11-7-24(8-12-32-10-6-23)20(26)16(2)14-18(4)22(29)30/h15-18H,5-14H2,1-4H3,(H,27,28)(H,29,30)/p-2/t15-,16-,17-,18-/m1/s1. The Bertz CT molecular complexity index is 575. The summed E-state index contributed by atoms with van der Waals surface area (Å²) in [7, 11) is 0. The third-order valence-electron chi connectivity index (χ3n) is 5.71. The van der Waals surface area contributed by atoms with Gasteiger partial charge in [-0.05, 0) is 24.7 Å². The topological polar surface area (TPSA) is 139 Å². The zero-order valence-electron chi connectivity index (χ0n) is 19.5. The van der Waals surface area contributed by atoms with Gasteiger partial charge in [-0.3, -0.25) is 9.59 Å². The summed E-state index contributed by atoms with van der Waals surface area (Å²) in [6.45, 7) is 8.86. The Morgan fingerprint density at radius 2 is 0.906 bits per heavy atom. The molecule has 0 aliphatic carbocycles. The minimum Gasteiger partial charge on any atom is -0.550 e. The van der Waals surface area contributed by atoms with E-state index in [-0.39, 0.29) is 51.1 Å². The van der Waals surface area contributed by atoms with Crippen molar-refractivity contribution in [1.82, 2.24) is 9.80 Å². The summed E-state index contributed by atoms with van der Waals surface area (Å²) in [5.41, 5.74) is 0. The van der Waals surface area contributed by atoms with Crippen molar-refractivity contribution < 1.29 is 38.9 Å². The number of nitrogens with zero attached hydrogens (tertiary/aromatic N) is 2. The number of hydrogen-bond acceptors (Lipinski definition) is 8. The molecule has 0 saturated carbocycles. The number of rotatable bonds is 8. The van der Waals surface area contributed by atoms with Gasteiger partial charge in [0.05, 0.1) is 26.4 Å². The maximum atomic E-state index is 12.7. The van der Waals surface area contributed by atoms with Crippen molar-refractivity contribution >= 4 is 23.8 Å². The van der Waals surface area contributed by atoms with Crippen LogP contribution in [0.1, 0.15) is 40.5 Å². The van der Waals surface area contributed by atoms with Crippen molar-refractivity contribution in [3.63, 3.8) is 0 Å². The predicted molar refractivity (Wildman–Crippen MR) is 111 cm³/mol. The van der Waals surface area contributed by atoms with Crippen LogP contribution in [0.15, 0.2) is 0 Å². The van der Waals surface area contributed by atoms with Gasteiger partial charge in [-0.15, -0.1) is 0 Å². The van der Waals surface area contributed by atoms with Crippen LogP contribution < -0.4 is 10.2 Å². The van der Waals surface area contributed by atoms with Crippen LogP contribution in [0.5, 0.6) is 0 Å². The molecule has 0 bridgehead atoms. The largest absolute Gasteiger partial charge is 0.550 e. The van der Waals surface area contributed by atoms with E-state index in [4.69, 9.17) is 9.47 Å². The van der Waals surface area contributed by atoms with Crippen molar-refractivity contribution in [2.24, 2.45) is 23.7 Å². The third kappa shape index (κ3) is 9.52. The quantitative estimate of drug-likeness (QED) is 0.431. The van der Waals surface area contributed by atoms with Crippen LogP contribution >= 0.6 is 0 Å². The fourth-order valence-electron chi connectivity index (χ4n) is 3.65. The van der Waals surface area contributed by atoms with Crippen LogP contribution in [0.25, 0.3) is 0 Å². The van der Waals surface area contributed by atoms with E-state index in [2.05, 4.69) is 0 Å². The maximum absolute atomic E-state index is 12.7. The first-order chi connectivity index (χ1) is 15.0. The van der Waals surface area contributed by atoms with Crippen molar-refractivity contribution in [3.05, 3.63) is 0 Å². The summed E-state index contributed by atoms with van der Waals surface area (Å²) in [5, 5.41) is 21.9. The summed E-state index contributed by atoms with van der Waals surface area (Å²) in [4.78, 5) is 50.6. The normalized spacial score (nSPS) is 20.2. The van der Waals surface area contributed by atoms with Crippen LogP contribution in [-0.4, -0.2) is 86.2 Å². The van der Waals surface area contributed by atoms with Crippen LogP contribution in [0, 0.1) is 23.7 Å². The molecule has 0 aromatic rings. The lowest BCUT2D eigenvalue weighted by molar-refractivity contribution is -0.312. The lowest BCUT2D eigenvalue weighted by Gasteiger charge is -2.30. The fourth-order valence-corrected chi connectivity index (χ4v) is 3.65. The molecule has 0 N–H and O–H groups in total. The van der Waals surface area contributed by atoms with E-state index in [1.807, 2.05) is 0 Å². The van der Waals surface area contributed by atoms with Crippen LogP contribution in [0.2, 0.25) is 0 Å². The molecule has 32 heavy (non-hydrogen) atoms. The average Bonchev–Trinajstić information content (AvgIpc) is 2.72. The van der Waals surface area contributed by atoms with Crippen molar-refractivity contribution in [1.29, 1.82) is 0 Å². The van der Waals surface area contributed by atoms with Gasteiger partial charge >= 0.3 is 0 Å². The highest BCUT2D eigenvalue weighted by atomic mass is 16.5. The molecule has 184 valence electrons. The Kier molecular flexibility index (Phi) is 12.2. The molecule has 4 atom stereocenters. The summed E-state index contributed by atoms with van der Waals surface area (Å²) in [5.74, 6) is -5.02. The number of aliphatic carboxylic acids is 2. The molecule has 10 heteroatoms. The molecular formula is C22H36N2O8-2. The van der Waals surface area contributed by atoms with Gasteiger partial charge in [0.2, 0.25) is 11.8 Å². The predicted octanol–water partition coefficient (Wildman–Crippen LogP) is -1.49. The number of carbonyl (C=O) groups excluding carboxylic acids is 4. The number of hydrogen-bond donors (Lipinski definition) is 0.